The van der Waals surface area contributed by atoms with Crippen molar-refractivity contribution in [3.05, 3.63) is 71.4 Å². The lowest BCUT2D eigenvalue weighted by atomic mass is 9.99. The first-order chi connectivity index (χ1) is 9.90. The van der Waals surface area contributed by atoms with E-state index in [-0.39, 0.29) is 0 Å². The fourth-order valence-corrected chi connectivity index (χ4v) is 3.19. The van der Waals surface area contributed by atoms with Gasteiger partial charge in [-0.3, -0.25) is 4.90 Å². The Labute approximate surface area is 119 Å². The van der Waals surface area contributed by atoms with Gasteiger partial charge >= 0.3 is 0 Å². The molecule has 0 saturated heterocycles. The summed E-state index contributed by atoms with van der Waals surface area (Å²) in [7, 11) is 0. The second-order valence-electron chi connectivity index (χ2n) is 5.59. The van der Waals surface area contributed by atoms with Gasteiger partial charge in [0.25, 0.3) is 0 Å². The largest absolute Gasteiger partial charge is 0.361 e. The number of rotatable bonds is 2. The van der Waals surface area contributed by atoms with Crippen LogP contribution in [0.5, 0.6) is 0 Å². The van der Waals surface area contributed by atoms with Crippen LogP contribution < -0.4 is 0 Å². The average Bonchev–Trinajstić information content (AvgIpc) is 2.91. The summed E-state index contributed by atoms with van der Waals surface area (Å²) in [6.45, 7) is 3.24. The fourth-order valence-electron chi connectivity index (χ4n) is 3.19. The molecule has 3 aromatic rings. The van der Waals surface area contributed by atoms with Gasteiger partial charge in [0, 0.05) is 36.7 Å². The predicted molar refractivity (Wildman–Crippen MR) is 82.6 cm³/mol. The van der Waals surface area contributed by atoms with Crippen LogP contribution in [0.25, 0.3) is 10.9 Å². The van der Waals surface area contributed by atoms with Gasteiger partial charge in [-0.05, 0) is 29.2 Å². The number of nitrogens with zero attached hydrogens (tertiary/aromatic N) is 1. The minimum absolute atomic E-state index is 1.03. The number of fused-ring (bicyclic) bond motifs is 2. The first kappa shape index (κ1) is 11.7. The molecule has 0 atom stereocenters. The number of benzene rings is 2. The molecule has 0 bridgehead atoms. The van der Waals surface area contributed by atoms with E-state index < -0.39 is 0 Å². The Kier molecular flexibility index (Phi) is 2.82. The molecule has 1 aromatic heterocycles. The van der Waals surface area contributed by atoms with Crippen molar-refractivity contribution < 1.29 is 0 Å². The predicted octanol–water partition coefficient (Wildman–Crippen LogP) is 3.73. The maximum absolute atomic E-state index is 3.37. The Hall–Kier alpha value is -2.06. The van der Waals surface area contributed by atoms with Gasteiger partial charge in [-0.25, -0.2) is 0 Å². The van der Waals surface area contributed by atoms with Crippen LogP contribution in [0.3, 0.4) is 0 Å². The molecule has 2 nitrogen and oxygen atoms in total. The highest BCUT2D eigenvalue weighted by Gasteiger charge is 2.16. The third-order valence-electron chi connectivity index (χ3n) is 4.28. The van der Waals surface area contributed by atoms with Gasteiger partial charge in [-0.15, -0.1) is 0 Å². The topological polar surface area (TPSA) is 19.0 Å². The van der Waals surface area contributed by atoms with Gasteiger partial charge < -0.3 is 4.98 Å². The smallest absolute Gasteiger partial charge is 0.0457 e. The van der Waals surface area contributed by atoms with E-state index in [0.717, 1.165) is 19.6 Å². The first-order valence-electron chi connectivity index (χ1n) is 7.24. The Morgan fingerprint density at radius 3 is 2.70 bits per heavy atom. The van der Waals surface area contributed by atoms with E-state index in [2.05, 4.69) is 64.6 Å². The van der Waals surface area contributed by atoms with Gasteiger partial charge in [0.2, 0.25) is 0 Å². The molecule has 1 aliphatic rings. The molecule has 0 amide bonds. The van der Waals surface area contributed by atoms with Crippen LogP contribution in [-0.4, -0.2) is 16.4 Å². The molecule has 0 fully saturated rings. The van der Waals surface area contributed by atoms with Crippen LogP contribution in [0.2, 0.25) is 0 Å². The van der Waals surface area contributed by atoms with Crippen molar-refractivity contribution >= 4 is 10.9 Å². The van der Waals surface area contributed by atoms with E-state index in [9.17, 15) is 0 Å². The summed E-state index contributed by atoms with van der Waals surface area (Å²) < 4.78 is 0. The number of aromatic amines is 1. The number of hydrogen-bond donors (Lipinski definition) is 1. The molecule has 1 N–H and O–H groups in total. The van der Waals surface area contributed by atoms with E-state index in [1.54, 1.807) is 0 Å². The van der Waals surface area contributed by atoms with E-state index in [1.807, 2.05) is 0 Å². The molecular formula is C18H18N2. The number of nitrogens with one attached hydrogen (secondary N) is 1. The summed E-state index contributed by atoms with van der Waals surface area (Å²) in [5, 5.41) is 1.35. The van der Waals surface area contributed by atoms with Crippen LogP contribution in [0, 0.1) is 0 Å². The van der Waals surface area contributed by atoms with Crippen molar-refractivity contribution in [1.29, 1.82) is 0 Å². The van der Waals surface area contributed by atoms with Crippen molar-refractivity contribution in [2.45, 2.75) is 19.5 Å². The molecule has 100 valence electrons. The van der Waals surface area contributed by atoms with Crippen molar-refractivity contribution in [3.63, 3.8) is 0 Å². The van der Waals surface area contributed by atoms with Gasteiger partial charge in [-0.2, -0.15) is 0 Å². The molecule has 0 spiro atoms. The Bertz CT molecular complexity index is 742. The molecule has 2 heteroatoms. The molecule has 4 rings (SSSR count). The maximum atomic E-state index is 3.37. The van der Waals surface area contributed by atoms with E-state index in [1.165, 1.54) is 34.0 Å². The molecular weight excluding hydrogens is 244 g/mol. The molecule has 2 aromatic carbocycles. The van der Waals surface area contributed by atoms with Crippen LogP contribution in [0.4, 0.5) is 0 Å². The lowest BCUT2D eigenvalue weighted by Gasteiger charge is -2.28. The Morgan fingerprint density at radius 1 is 0.950 bits per heavy atom. The van der Waals surface area contributed by atoms with Crippen molar-refractivity contribution in [2.24, 2.45) is 0 Å². The molecule has 2 heterocycles. The van der Waals surface area contributed by atoms with Crippen LogP contribution in [0.1, 0.15) is 16.7 Å². The van der Waals surface area contributed by atoms with Crippen molar-refractivity contribution in [1.82, 2.24) is 9.88 Å². The maximum Gasteiger partial charge on any atom is 0.0457 e. The zero-order chi connectivity index (χ0) is 13.4. The molecule has 20 heavy (non-hydrogen) atoms. The second-order valence-corrected chi connectivity index (χ2v) is 5.59. The second kappa shape index (κ2) is 4.80. The summed E-state index contributed by atoms with van der Waals surface area (Å²) in [5.74, 6) is 0. The van der Waals surface area contributed by atoms with Crippen molar-refractivity contribution in [2.75, 3.05) is 6.54 Å². The molecule has 0 radical (unpaired) electrons. The van der Waals surface area contributed by atoms with Crippen LogP contribution in [0.15, 0.2) is 54.7 Å². The third kappa shape index (κ3) is 2.02. The highest BCUT2D eigenvalue weighted by molar-refractivity contribution is 5.82. The van der Waals surface area contributed by atoms with Gasteiger partial charge in [0.05, 0.1) is 0 Å². The number of para-hydroxylation sites is 1. The summed E-state index contributed by atoms with van der Waals surface area (Å²) in [4.78, 5) is 5.91. The fraction of sp³-hybridized carbons (Fsp3) is 0.222. The molecule has 0 unspecified atom stereocenters. The van der Waals surface area contributed by atoms with Crippen molar-refractivity contribution in [3.8, 4) is 0 Å². The van der Waals surface area contributed by atoms with Crippen LogP contribution in [-0.2, 0) is 19.5 Å². The van der Waals surface area contributed by atoms with E-state index in [0.29, 0.717) is 0 Å². The number of hydrogen-bond acceptors (Lipinski definition) is 1. The summed E-state index contributed by atoms with van der Waals surface area (Å²) in [6, 6.07) is 17.4. The van der Waals surface area contributed by atoms with Gasteiger partial charge in [-0.1, -0.05) is 42.5 Å². The molecule has 0 aliphatic carbocycles. The standard InChI is InChI=1S/C18H18N2/c1-2-6-15-12-20(10-9-14(15)5-1)13-16-11-19-18-8-4-3-7-17(16)18/h1-8,11,19H,9-10,12-13H2. The third-order valence-corrected chi connectivity index (χ3v) is 4.28. The lowest BCUT2D eigenvalue weighted by Crippen LogP contribution is -2.29. The minimum Gasteiger partial charge on any atom is -0.361 e. The normalized spacial score (nSPS) is 15.4. The number of H-pyrrole nitrogens is 1. The Balaban J connectivity index is 1.59. The zero-order valence-electron chi connectivity index (χ0n) is 11.5. The zero-order valence-corrected chi connectivity index (χ0v) is 11.5. The SMILES string of the molecule is c1ccc2c(c1)CCN(Cc1c[nH]c3ccccc13)C2. The Morgan fingerprint density at radius 2 is 1.75 bits per heavy atom. The summed E-state index contributed by atoms with van der Waals surface area (Å²) in [5.41, 5.74) is 5.64. The highest BCUT2D eigenvalue weighted by atomic mass is 15.1. The minimum atomic E-state index is 1.03. The average molecular weight is 262 g/mol. The van der Waals surface area contributed by atoms with Gasteiger partial charge in [0.1, 0.15) is 0 Å². The number of aromatic nitrogens is 1. The van der Waals surface area contributed by atoms with E-state index in [4.69, 9.17) is 0 Å². The molecule has 0 saturated carbocycles. The summed E-state index contributed by atoms with van der Waals surface area (Å²) >= 11 is 0. The lowest BCUT2D eigenvalue weighted by molar-refractivity contribution is 0.246. The van der Waals surface area contributed by atoms with E-state index >= 15 is 0 Å². The highest BCUT2D eigenvalue weighted by Crippen LogP contribution is 2.23. The molecule has 1 aliphatic heterocycles. The quantitative estimate of drug-likeness (QED) is 0.745. The van der Waals surface area contributed by atoms with Gasteiger partial charge in [0.15, 0.2) is 0 Å². The van der Waals surface area contributed by atoms with Crippen LogP contribution >= 0.6 is 0 Å². The monoisotopic (exact) mass is 262 g/mol. The first-order valence-corrected chi connectivity index (χ1v) is 7.24. The summed E-state index contributed by atoms with van der Waals surface area (Å²) in [6.07, 6.45) is 3.32.